The smallest absolute Gasteiger partial charge is 0.305 e. The number of aryl methyl sites for hydroxylation is 2. The molecule has 0 aliphatic rings. The van der Waals surface area contributed by atoms with Crippen molar-refractivity contribution in [2.75, 3.05) is 0 Å². The Hall–Kier alpha value is -1.89. The number of aliphatic carboxylic acids is 1. The molecule has 1 heterocycles. The maximum absolute atomic E-state index is 11.6. The summed E-state index contributed by atoms with van der Waals surface area (Å²) in [5.74, 6) is -1.56. The maximum atomic E-state index is 11.6. The van der Waals surface area contributed by atoms with Gasteiger partial charge >= 0.3 is 5.97 Å². The second kappa shape index (κ2) is 5.63. The lowest BCUT2D eigenvalue weighted by molar-refractivity contribution is -0.139. The van der Waals surface area contributed by atoms with Crippen molar-refractivity contribution in [3.63, 3.8) is 0 Å². The minimum Gasteiger partial charge on any atom is -0.481 e. The van der Waals surface area contributed by atoms with Gasteiger partial charge in [0.1, 0.15) is 0 Å². The van der Waals surface area contributed by atoms with E-state index >= 15 is 0 Å². The van der Waals surface area contributed by atoms with Crippen LogP contribution in [0.25, 0.3) is 0 Å². The standard InChI is InChI=1S/C11H18N4O3/c1-6-8(7(2)15(3)14-6)5-13-11(18)9(12)4-10(16)17/h9H,4-5,12H2,1-3H3,(H,13,18)(H,16,17). The molecule has 0 bridgehead atoms. The van der Waals surface area contributed by atoms with Crippen LogP contribution in [0.3, 0.4) is 0 Å². The SMILES string of the molecule is Cc1nn(C)c(C)c1CNC(=O)C(N)CC(=O)O. The summed E-state index contributed by atoms with van der Waals surface area (Å²) in [6.07, 6.45) is -0.378. The van der Waals surface area contributed by atoms with Gasteiger partial charge in [-0.1, -0.05) is 0 Å². The monoisotopic (exact) mass is 254 g/mol. The highest BCUT2D eigenvalue weighted by Crippen LogP contribution is 2.11. The van der Waals surface area contributed by atoms with Crippen molar-refractivity contribution in [3.8, 4) is 0 Å². The van der Waals surface area contributed by atoms with E-state index in [2.05, 4.69) is 10.4 Å². The van der Waals surface area contributed by atoms with Gasteiger partial charge in [-0.05, 0) is 13.8 Å². The van der Waals surface area contributed by atoms with Crippen LogP contribution in [0.2, 0.25) is 0 Å². The molecule has 0 radical (unpaired) electrons. The summed E-state index contributed by atoms with van der Waals surface area (Å²) in [5.41, 5.74) is 8.17. The van der Waals surface area contributed by atoms with E-state index in [1.54, 1.807) is 4.68 Å². The van der Waals surface area contributed by atoms with Gasteiger partial charge in [-0.3, -0.25) is 14.3 Å². The Morgan fingerprint density at radius 3 is 2.56 bits per heavy atom. The molecule has 1 rings (SSSR count). The average Bonchev–Trinajstić information content (AvgIpc) is 2.49. The van der Waals surface area contributed by atoms with E-state index in [4.69, 9.17) is 10.8 Å². The molecule has 0 saturated carbocycles. The highest BCUT2D eigenvalue weighted by Gasteiger charge is 2.18. The molecule has 7 nitrogen and oxygen atoms in total. The van der Waals surface area contributed by atoms with Crippen molar-refractivity contribution in [1.82, 2.24) is 15.1 Å². The molecule has 1 atom stereocenters. The minimum atomic E-state index is -1.09. The van der Waals surface area contributed by atoms with Crippen molar-refractivity contribution in [2.24, 2.45) is 12.8 Å². The van der Waals surface area contributed by atoms with Gasteiger partial charge in [0.2, 0.25) is 5.91 Å². The Balaban J connectivity index is 2.60. The van der Waals surface area contributed by atoms with Crippen LogP contribution in [0, 0.1) is 13.8 Å². The summed E-state index contributed by atoms with van der Waals surface area (Å²) in [5, 5.41) is 15.4. The van der Waals surface area contributed by atoms with Gasteiger partial charge in [0.25, 0.3) is 0 Å². The zero-order chi connectivity index (χ0) is 13.9. The third kappa shape index (κ3) is 3.30. The molecule has 0 spiro atoms. The molecule has 1 aromatic rings. The van der Waals surface area contributed by atoms with Crippen LogP contribution in [-0.4, -0.2) is 32.8 Å². The fourth-order valence-electron chi connectivity index (χ4n) is 1.66. The minimum absolute atomic E-state index is 0.303. The summed E-state index contributed by atoms with van der Waals surface area (Å²) < 4.78 is 1.73. The first-order valence-corrected chi connectivity index (χ1v) is 5.57. The number of rotatable bonds is 5. The third-order valence-electron chi connectivity index (χ3n) is 2.83. The first-order chi connectivity index (χ1) is 8.32. The molecule has 0 aliphatic carbocycles. The zero-order valence-corrected chi connectivity index (χ0v) is 10.7. The number of carboxylic acid groups (broad SMARTS) is 1. The predicted octanol–water partition coefficient (Wildman–Crippen LogP) is -0.545. The van der Waals surface area contributed by atoms with Gasteiger partial charge in [0, 0.05) is 24.8 Å². The quantitative estimate of drug-likeness (QED) is 0.653. The van der Waals surface area contributed by atoms with Crippen LogP contribution in [-0.2, 0) is 23.2 Å². The number of carbonyl (C=O) groups is 2. The lowest BCUT2D eigenvalue weighted by Crippen LogP contribution is -2.41. The summed E-state index contributed by atoms with van der Waals surface area (Å²) in [7, 11) is 1.82. The molecule has 18 heavy (non-hydrogen) atoms. The Kier molecular flexibility index (Phi) is 4.43. The fraction of sp³-hybridized carbons (Fsp3) is 0.545. The number of amides is 1. The van der Waals surface area contributed by atoms with Gasteiger partial charge < -0.3 is 16.2 Å². The largest absolute Gasteiger partial charge is 0.481 e. The normalized spacial score (nSPS) is 12.2. The average molecular weight is 254 g/mol. The van der Waals surface area contributed by atoms with Crippen molar-refractivity contribution in [3.05, 3.63) is 17.0 Å². The summed E-state index contributed by atoms with van der Waals surface area (Å²) in [6.45, 7) is 4.06. The van der Waals surface area contributed by atoms with E-state index in [1.165, 1.54) is 0 Å². The first kappa shape index (κ1) is 14.2. The summed E-state index contributed by atoms with van der Waals surface area (Å²) in [6, 6.07) is -1.03. The molecular weight excluding hydrogens is 236 g/mol. The van der Waals surface area contributed by atoms with Crippen molar-refractivity contribution in [1.29, 1.82) is 0 Å². The Bertz CT molecular complexity index is 467. The molecule has 100 valence electrons. The van der Waals surface area contributed by atoms with Crippen LogP contribution in [0.5, 0.6) is 0 Å². The number of aromatic nitrogens is 2. The molecular formula is C11H18N4O3. The van der Waals surface area contributed by atoms with Gasteiger partial charge in [0.05, 0.1) is 18.2 Å². The second-order valence-corrected chi connectivity index (χ2v) is 4.20. The number of nitrogens with one attached hydrogen (secondary N) is 1. The third-order valence-corrected chi connectivity index (χ3v) is 2.83. The topological polar surface area (TPSA) is 110 Å². The van der Waals surface area contributed by atoms with E-state index in [9.17, 15) is 9.59 Å². The first-order valence-electron chi connectivity index (χ1n) is 5.57. The van der Waals surface area contributed by atoms with Gasteiger partial charge in [-0.2, -0.15) is 5.10 Å². The Morgan fingerprint density at radius 2 is 2.11 bits per heavy atom. The van der Waals surface area contributed by atoms with Crippen LogP contribution in [0.1, 0.15) is 23.4 Å². The number of nitrogens with zero attached hydrogens (tertiary/aromatic N) is 2. The molecule has 1 aromatic heterocycles. The number of carbonyl (C=O) groups excluding carboxylic acids is 1. The predicted molar refractivity (Wildman–Crippen MR) is 64.8 cm³/mol. The summed E-state index contributed by atoms with van der Waals surface area (Å²) >= 11 is 0. The van der Waals surface area contributed by atoms with Gasteiger partial charge in [0.15, 0.2) is 0 Å². The maximum Gasteiger partial charge on any atom is 0.305 e. The van der Waals surface area contributed by atoms with Crippen LogP contribution < -0.4 is 11.1 Å². The Morgan fingerprint density at radius 1 is 1.50 bits per heavy atom. The van der Waals surface area contributed by atoms with E-state index in [0.29, 0.717) is 6.54 Å². The summed E-state index contributed by atoms with van der Waals surface area (Å²) in [4.78, 5) is 22.0. The molecule has 7 heteroatoms. The zero-order valence-electron chi connectivity index (χ0n) is 10.7. The fourth-order valence-corrected chi connectivity index (χ4v) is 1.66. The van der Waals surface area contributed by atoms with Crippen LogP contribution in [0.4, 0.5) is 0 Å². The lowest BCUT2D eigenvalue weighted by Gasteiger charge is -2.10. The molecule has 1 amide bonds. The van der Waals surface area contributed by atoms with Crippen LogP contribution >= 0.6 is 0 Å². The van der Waals surface area contributed by atoms with Crippen molar-refractivity contribution >= 4 is 11.9 Å². The highest BCUT2D eigenvalue weighted by molar-refractivity contribution is 5.85. The second-order valence-electron chi connectivity index (χ2n) is 4.20. The van der Waals surface area contributed by atoms with Gasteiger partial charge in [-0.25, -0.2) is 0 Å². The molecule has 1 unspecified atom stereocenters. The van der Waals surface area contributed by atoms with E-state index in [0.717, 1.165) is 17.0 Å². The molecule has 4 N–H and O–H groups in total. The van der Waals surface area contributed by atoms with Gasteiger partial charge in [-0.15, -0.1) is 0 Å². The lowest BCUT2D eigenvalue weighted by atomic mass is 10.1. The van der Waals surface area contributed by atoms with Crippen LogP contribution in [0.15, 0.2) is 0 Å². The number of nitrogens with two attached hydrogens (primary N) is 1. The van der Waals surface area contributed by atoms with E-state index < -0.39 is 17.9 Å². The molecule has 0 saturated heterocycles. The molecule has 0 aliphatic heterocycles. The van der Waals surface area contributed by atoms with E-state index in [1.807, 2.05) is 20.9 Å². The van der Waals surface area contributed by atoms with Crippen molar-refractivity contribution < 1.29 is 14.7 Å². The number of hydrogen-bond acceptors (Lipinski definition) is 4. The number of hydrogen-bond donors (Lipinski definition) is 3. The number of carboxylic acids is 1. The van der Waals surface area contributed by atoms with E-state index in [-0.39, 0.29) is 6.42 Å². The molecule has 0 fully saturated rings. The highest BCUT2D eigenvalue weighted by atomic mass is 16.4. The Labute approximate surface area is 105 Å². The molecule has 0 aromatic carbocycles. The van der Waals surface area contributed by atoms with Crippen molar-refractivity contribution in [2.45, 2.75) is 32.9 Å².